The summed E-state index contributed by atoms with van der Waals surface area (Å²) in [7, 11) is 0. The van der Waals surface area contributed by atoms with E-state index in [0.717, 1.165) is 0 Å². The first-order chi connectivity index (χ1) is 17.1. The van der Waals surface area contributed by atoms with Crippen LogP contribution in [-0.2, 0) is 5.60 Å². The van der Waals surface area contributed by atoms with E-state index in [4.69, 9.17) is 0 Å². The Labute approximate surface area is 204 Å². The van der Waals surface area contributed by atoms with Crippen molar-refractivity contribution in [3.8, 4) is 0 Å². The lowest BCUT2D eigenvalue weighted by molar-refractivity contribution is -0.462. The van der Waals surface area contributed by atoms with Gasteiger partial charge in [0.05, 0.1) is 17.6 Å². The Morgan fingerprint density at radius 2 is 0.675 bits per heavy atom. The van der Waals surface area contributed by atoms with Crippen LogP contribution in [0.5, 0.6) is 0 Å². The number of halogens is 22. The van der Waals surface area contributed by atoms with Gasteiger partial charge in [0.15, 0.2) is 23.3 Å². The van der Waals surface area contributed by atoms with Crippen LogP contribution in [0.15, 0.2) is 0 Å². The minimum Gasteiger partial charge on any atom is -0.385 e. The molecule has 0 saturated carbocycles. The third-order valence-corrected chi connectivity index (χ3v) is 5.10. The van der Waals surface area contributed by atoms with E-state index in [2.05, 4.69) is 0 Å². The van der Waals surface area contributed by atoms with Gasteiger partial charge < -0.3 is 5.11 Å². The number of alkyl halides is 17. The molecule has 40 heavy (non-hydrogen) atoms. The predicted molar refractivity (Wildman–Crippen MR) is 81.1 cm³/mol. The Morgan fingerprint density at radius 3 is 0.975 bits per heavy atom. The van der Waals surface area contributed by atoms with Gasteiger partial charge in [-0.15, -0.1) is 0 Å². The second-order valence-electron chi connectivity index (χ2n) is 8.04. The third kappa shape index (κ3) is 4.58. The smallest absolute Gasteiger partial charge is 0.385 e. The molecular formula is C17H6F22O. The molecule has 234 valence electrons. The predicted octanol–water partition coefficient (Wildman–Crippen LogP) is 7.99. The van der Waals surface area contributed by atoms with E-state index in [0.29, 0.717) is 0 Å². The average molecular weight is 644 g/mol. The lowest BCUT2D eigenvalue weighted by Gasteiger charge is -2.43. The van der Waals surface area contributed by atoms with Gasteiger partial charge in [-0.3, -0.25) is 0 Å². The molecule has 0 amide bonds. The SMILES string of the molecule is CC(O)(CC(F)(F)C(F)(F)C(F)(F)C(F)(F)C(F)(F)C(F)(F)C(F)(F)C(F)(F)F)c1c(F)c(F)c(F)c(F)c1F. The quantitative estimate of drug-likeness (QED) is 0.164. The van der Waals surface area contributed by atoms with Crippen LogP contribution in [0.25, 0.3) is 0 Å². The van der Waals surface area contributed by atoms with Crippen molar-refractivity contribution in [1.29, 1.82) is 0 Å². The Kier molecular flexibility index (Phi) is 8.32. The van der Waals surface area contributed by atoms with E-state index in [1.54, 1.807) is 0 Å². The zero-order chi connectivity index (χ0) is 32.7. The first-order valence-electron chi connectivity index (χ1n) is 9.09. The molecule has 1 rings (SSSR count). The van der Waals surface area contributed by atoms with E-state index < -0.39 is 101 Å². The largest absolute Gasteiger partial charge is 0.460 e. The molecule has 0 aliphatic rings. The van der Waals surface area contributed by atoms with Gasteiger partial charge in [-0.05, 0) is 6.92 Å². The van der Waals surface area contributed by atoms with Crippen molar-refractivity contribution < 1.29 is 102 Å². The fourth-order valence-corrected chi connectivity index (χ4v) is 2.91. The maximum Gasteiger partial charge on any atom is 0.460 e. The highest BCUT2D eigenvalue weighted by Crippen LogP contribution is 2.64. The summed E-state index contributed by atoms with van der Waals surface area (Å²) in [4.78, 5) is 0. The normalized spacial score (nSPS) is 16.8. The standard InChI is InChI=1S/C17H6F22O/c1-9(40,3-4(18)6(20)8(22)7(21)5(3)19)2-10(23,24)11(25,26)12(27,28)13(29,30)14(31,32)15(33,34)16(35,36)17(37,38)39/h40H,2H2,1H3. The Morgan fingerprint density at radius 1 is 0.425 bits per heavy atom. The number of benzene rings is 1. The molecule has 0 saturated heterocycles. The molecule has 1 N–H and O–H groups in total. The Bertz CT molecular complexity index is 1100. The average Bonchev–Trinajstić information content (AvgIpc) is 2.73. The molecule has 0 aliphatic heterocycles. The topological polar surface area (TPSA) is 20.2 Å². The number of rotatable bonds is 9. The molecule has 1 aromatic carbocycles. The van der Waals surface area contributed by atoms with E-state index in [9.17, 15) is 102 Å². The van der Waals surface area contributed by atoms with Gasteiger partial charge in [-0.2, -0.15) is 74.6 Å². The second-order valence-corrected chi connectivity index (χ2v) is 8.04. The molecule has 0 aliphatic carbocycles. The van der Waals surface area contributed by atoms with Crippen molar-refractivity contribution in [2.75, 3.05) is 0 Å². The first kappa shape index (κ1) is 35.7. The molecular weight excluding hydrogens is 638 g/mol. The van der Waals surface area contributed by atoms with Crippen molar-refractivity contribution >= 4 is 0 Å². The summed E-state index contributed by atoms with van der Waals surface area (Å²) in [6, 6.07) is 0. The molecule has 0 bridgehead atoms. The van der Waals surface area contributed by atoms with Crippen molar-refractivity contribution in [2.45, 2.75) is 66.6 Å². The summed E-state index contributed by atoms with van der Waals surface area (Å²) >= 11 is 0. The van der Waals surface area contributed by atoms with Gasteiger partial charge in [-0.1, -0.05) is 0 Å². The summed E-state index contributed by atoms with van der Waals surface area (Å²) in [5.74, 6) is -75.6. The monoisotopic (exact) mass is 644 g/mol. The molecule has 23 heteroatoms. The number of hydrogen-bond acceptors (Lipinski definition) is 1. The number of aliphatic hydroxyl groups is 1. The van der Waals surface area contributed by atoms with Gasteiger partial charge >= 0.3 is 47.6 Å². The fraction of sp³-hybridized carbons (Fsp3) is 0.647. The van der Waals surface area contributed by atoms with Gasteiger partial charge in [-0.25, -0.2) is 22.0 Å². The lowest BCUT2D eigenvalue weighted by Crippen LogP contribution is -2.74. The maximum absolute atomic E-state index is 14.1. The van der Waals surface area contributed by atoms with Gasteiger partial charge in [0.2, 0.25) is 5.82 Å². The van der Waals surface area contributed by atoms with Crippen LogP contribution in [-0.4, -0.2) is 52.7 Å². The molecule has 1 aromatic rings. The summed E-state index contributed by atoms with van der Waals surface area (Å²) in [6.45, 7) is -0.613. The Hall–Kier alpha value is -2.36. The lowest BCUT2D eigenvalue weighted by atomic mass is 9.82. The van der Waals surface area contributed by atoms with Crippen LogP contribution in [0.2, 0.25) is 0 Å². The first-order valence-corrected chi connectivity index (χ1v) is 9.09. The molecule has 1 atom stereocenters. The molecule has 0 radical (unpaired) electrons. The third-order valence-electron chi connectivity index (χ3n) is 5.10. The summed E-state index contributed by atoms with van der Waals surface area (Å²) < 4.78 is 293. The highest BCUT2D eigenvalue weighted by atomic mass is 19.4. The summed E-state index contributed by atoms with van der Waals surface area (Å²) in [5, 5.41) is 9.67. The van der Waals surface area contributed by atoms with Crippen LogP contribution < -0.4 is 0 Å². The van der Waals surface area contributed by atoms with Crippen LogP contribution >= 0.6 is 0 Å². The van der Waals surface area contributed by atoms with Gasteiger partial charge in [0, 0.05) is 0 Å². The van der Waals surface area contributed by atoms with Gasteiger partial charge in [0.25, 0.3) is 0 Å². The molecule has 0 heterocycles. The minimum absolute atomic E-state index is 0.613. The van der Waals surface area contributed by atoms with E-state index >= 15 is 0 Å². The zero-order valence-electron chi connectivity index (χ0n) is 18.0. The van der Waals surface area contributed by atoms with E-state index in [1.807, 2.05) is 0 Å². The molecule has 0 aromatic heterocycles. The minimum atomic E-state index is -8.97. The summed E-state index contributed by atoms with van der Waals surface area (Å²) in [5.41, 5.74) is -7.67. The van der Waals surface area contributed by atoms with Crippen LogP contribution in [0.4, 0.5) is 96.6 Å². The second kappa shape index (κ2) is 9.33. The van der Waals surface area contributed by atoms with Crippen molar-refractivity contribution in [2.24, 2.45) is 0 Å². The van der Waals surface area contributed by atoms with Crippen LogP contribution in [0.1, 0.15) is 18.9 Å². The molecule has 0 spiro atoms. The molecule has 1 nitrogen and oxygen atoms in total. The van der Waals surface area contributed by atoms with Crippen molar-refractivity contribution in [3.63, 3.8) is 0 Å². The molecule has 0 fully saturated rings. The summed E-state index contributed by atoms with van der Waals surface area (Å²) in [6.07, 6.45) is -11.9. The highest BCUT2D eigenvalue weighted by molar-refractivity contribution is 5.30. The van der Waals surface area contributed by atoms with Crippen molar-refractivity contribution in [1.82, 2.24) is 0 Å². The van der Waals surface area contributed by atoms with Crippen molar-refractivity contribution in [3.05, 3.63) is 34.6 Å². The highest BCUT2D eigenvalue weighted by Gasteiger charge is 2.95. The van der Waals surface area contributed by atoms with E-state index in [1.165, 1.54) is 0 Å². The van der Waals surface area contributed by atoms with E-state index in [-0.39, 0.29) is 0 Å². The van der Waals surface area contributed by atoms with Crippen LogP contribution in [0.3, 0.4) is 0 Å². The Balaban J connectivity index is 3.78. The van der Waals surface area contributed by atoms with Crippen LogP contribution in [0, 0.1) is 29.1 Å². The zero-order valence-corrected chi connectivity index (χ0v) is 18.0. The fourth-order valence-electron chi connectivity index (χ4n) is 2.91. The number of hydrogen-bond donors (Lipinski definition) is 1. The van der Waals surface area contributed by atoms with Gasteiger partial charge in [0.1, 0.15) is 0 Å². The molecule has 1 unspecified atom stereocenters. The maximum atomic E-state index is 14.1.